The molecule has 0 radical (unpaired) electrons. The van der Waals surface area contributed by atoms with E-state index < -0.39 is 0 Å². The summed E-state index contributed by atoms with van der Waals surface area (Å²) in [6.45, 7) is 14.0. The number of carbonyl (C=O) groups is 1. The van der Waals surface area contributed by atoms with Crippen LogP contribution in [-0.4, -0.2) is 86.1 Å². The van der Waals surface area contributed by atoms with E-state index in [1.165, 1.54) is 65.4 Å². The molecule has 5 rings (SSSR count). The van der Waals surface area contributed by atoms with Crippen molar-refractivity contribution in [3.63, 3.8) is 0 Å². The normalized spacial score (nSPS) is 17.4. The van der Waals surface area contributed by atoms with Crippen molar-refractivity contribution in [1.29, 1.82) is 0 Å². The molecule has 1 spiro atoms. The van der Waals surface area contributed by atoms with Crippen LogP contribution in [-0.2, 0) is 42.1 Å². The maximum absolute atomic E-state index is 11.8. The number of rotatable bonds is 15. The summed E-state index contributed by atoms with van der Waals surface area (Å²) >= 11 is 0. The van der Waals surface area contributed by atoms with E-state index in [0.29, 0.717) is 12.0 Å². The number of aromatic nitrogens is 4. The third kappa shape index (κ3) is 8.55. The highest BCUT2D eigenvalue weighted by atomic mass is 16.5. The second-order valence-corrected chi connectivity index (χ2v) is 12.7. The molecule has 0 amide bonds. The smallest absolute Gasteiger partial charge is 0.309 e. The molecule has 4 heterocycles. The van der Waals surface area contributed by atoms with E-state index in [0.717, 1.165) is 61.4 Å². The monoisotopic (exact) mass is 589 g/mol. The SMILES string of the molecule is CCC(CC)N1CCC2(CCN(CCCn3ccnc3CN(Cc3cccc(CC(=O)OC)c3)Cc3ncc[nH]3)C2)CC1. The van der Waals surface area contributed by atoms with Gasteiger partial charge in [0.1, 0.15) is 11.6 Å². The Labute approximate surface area is 257 Å². The zero-order valence-electron chi connectivity index (χ0n) is 26.5. The van der Waals surface area contributed by atoms with Crippen molar-refractivity contribution in [2.45, 2.75) is 91.0 Å². The van der Waals surface area contributed by atoms with Gasteiger partial charge < -0.3 is 24.1 Å². The number of aryl methyl sites for hydroxylation is 1. The van der Waals surface area contributed by atoms with E-state index in [1.807, 2.05) is 24.5 Å². The maximum atomic E-state index is 11.8. The van der Waals surface area contributed by atoms with Crippen molar-refractivity contribution in [3.05, 3.63) is 71.8 Å². The number of ether oxygens (including phenoxy) is 1. The zero-order chi connectivity index (χ0) is 30.1. The van der Waals surface area contributed by atoms with E-state index in [9.17, 15) is 4.79 Å². The maximum Gasteiger partial charge on any atom is 0.309 e. The molecule has 9 heteroatoms. The molecule has 0 unspecified atom stereocenters. The van der Waals surface area contributed by atoms with Crippen LogP contribution in [0, 0.1) is 5.41 Å². The van der Waals surface area contributed by atoms with Gasteiger partial charge in [0.05, 0.1) is 26.6 Å². The number of hydrogen-bond acceptors (Lipinski definition) is 7. The number of methoxy groups -OCH3 is 1. The van der Waals surface area contributed by atoms with Crippen LogP contribution >= 0.6 is 0 Å². The summed E-state index contributed by atoms with van der Waals surface area (Å²) in [5.41, 5.74) is 2.66. The molecule has 0 atom stereocenters. The average molecular weight is 590 g/mol. The van der Waals surface area contributed by atoms with Crippen molar-refractivity contribution < 1.29 is 9.53 Å². The van der Waals surface area contributed by atoms with E-state index in [2.05, 4.69) is 61.4 Å². The van der Waals surface area contributed by atoms with Gasteiger partial charge >= 0.3 is 5.97 Å². The van der Waals surface area contributed by atoms with Crippen LogP contribution < -0.4 is 0 Å². The van der Waals surface area contributed by atoms with Gasteiger partial charge in [0, 0.05) is 50.5 Å². The molecule has 0 saturated carbocycles. The molecule has 234 valence electrons. The van der Waals surface area contributed by atoms with Gasteiger partial charge in [0.15, 0.2) is 0 Å². The predicted molar refractivity (Wildman–Crippen MR) is 169 cm³/mol. The lowest BCUT2D eigenvalue weighted by Crippen LogP contribution is -2.45. The van der Waals surface area contributed by atoms with E-state index in [4.69, 9.17) is 9.72 Å². The van der Waals surface area contributed by atoms with Gasteiger partial charge in [0.2, 0.25) is 0 Å². The summed E-state index contributed by atoms with van der Waals surface area (Å²) in [6.07, 6.45) is 15.8. The predicted octanol–water partition coefficient (Wildman–Crippen LogP) is 4.89. The van der Waals surface area contributed by atoms with Crippen molar-refractivity contribution in [3.8, 4) is 0 Å². The highest BCUT2D eigenvalue weighted by Crippen LogP contribution is 2.41. The average Bonchev–Trinajstić information content (AvgIpc) is 3.78. The van der Waals surface area contributed by atoms with Crippen molar-refractivity contribution >= 4 is 5.97 Å². The topological polar surface area (TPSA) is 82.5 Å². The Hall–Kier alpha value is -3.01. The fourth-order valence-corrected chi connectivity index (χ4v) is 7.25. The van der Waals surface area contributed by atoms with Crippen molar-refractivity contribution in [1.82, 2.24) is 34.2 Å². The number of nitrogens with zero attached hydrogens (tertiary/aromatic N) is 6. The number of esters is 1. The van der Waals surface area contributed by atoms with Crippen LogP contribution in [0.4, 0.5) is 0 Å². The van der Waals surface area contributed by atoms with Crippen molar-refractivity contribution in [2.75, 3.05) is 39.8 Å². The minimum absolute atomic E-state index is 0.224. The molecule has 2 aromatic heterocycles. The van der Waals surface area contributed by atoms with Gasteiger partial charge in [0.25, 0.3) is 0 Å². The first kappa shape index (κ1) is 31.4. The first-order valence-electron chi connectivity index (χ1n) is 16.3. The molecule has 2 fully saturated rings. The molecule has 2 aliphatic rings. The standard InChI is InChI=1S/C34H51N7O2/c1-4-30(5-2)40-19-11-34(12-20-40)10-18-38(27-34)16-7-17-41-21-15-37-32(41)26-39(25-31-35-13-14-36-31)24-29-9-6-8-28(22-29)23-33(42)43-3/h6,8-9,13-15,21-22,30H,4-5,7,10-12,16-20,23-27H2,1-3H3,(H,35,36). The summed E-state index contributed by atoms with van der Waals surface area (Å²) in [5.74, 6) is 1.78. The summed E-state index contributed by atoms with van der Waals surface area (Å²) in [4.78, 5) is 32.1. The molecule has 2 aliphatic heterocycles. The number of carbonyl (C=O) groups excluding carboxylic acids is 1. The molecule has 3 aromatic rings. The fraction of sp³-hybridized carbons (Fsp3) is 0.618. The van der Waals surface area contributed by atoms with E-state index in [-0.39, 0.29) is 12.4 Å². The van der Waals surface area contributed by atoms with Gasteiger partial charge in [-0.25, -0.2) is 9.97 Å². The minimum atomic E-state index is -0.224. The molecular formula is C34H51N7O2. The Morgan fingerprint density at radius 1 is 1.02 bits per heavy atom. The minimum Gasteiger partial charge on any atom is -0.469 e. The molecular weight excluding hydrogens is 538 g/mol. The van der Waals surface area contributed by atoms with Crippen LogP contribution in [0.15, 0.2) is 49.1 Å². The highest BCUT2D eigenvalue weighted by molar-refractivity contribution is 5.72. The number of hydrogen-bond donors (Lipinski definition) is 1. The van der Waals surface area contributed by atoms with Crippen LogP contribution in [0.2, 0.25) is 0 Å². The van der Waals surface area contributed by atoms with Crippen molar-refractivity contribution in [2.24, 2.45) is 5.41 Å². The summed E-state index contributed by atoms with van der Waals surface area (Å²) in [7, 11) is 1.43. The number of H-pyrrole nitrogens is 1. The Bertz CT molecular complexity index is 1260. The van der Waals surface area contributed by atoms with Crippen LogP contribution in [0.25, 0.3) is 0 Å². The van der Waals surface area contributed by atoms with E-state index >= 15 is 0 Å². The third-order valence-electron chi connectivity index (χ3n) is 9.78. The first-order chi connectivity index (χ1) is 21.0. The lowest BCUT2D eigenvalue weighted by atomic mass is 9.77. The molecule has 2 saturated heterocycles. The Morgan fingerprint density at radius 2 is 1.81 bits per heavy atom. The first-order valence-corrected chi connectivity index (χ1v) is 16.3. The summed E-state index contributed by atoms with van der Waals surface area (Å²) < 4.78 is 7.19. The van der Waals surface area contributed by atoms with Crippen LogP contribution in [0.1, 0.15) is 75.1 Å². The number of benzene rings is 1. The Kier molecular flexibility index (Phi) is 11.1. The second-order valence-electron chi connectivity index (χ2n) is 12.7. The van der Waals surface area contributed by atoms with Gasteiger partial charge in [-0.2, -0.15) is 0 Å². The Morgan fingerprint density at radius 3 is 2.56 bits per heavy atom. The summed E-state index contributed by atoms with van der Waals surface area (Å²) in [6, 6.07) is 8.96. The van der Waals surface area contributed by atoms with Crippen LogP contribution in [0.5, 0.6) is 0 Å². The molecule has 43 heavy (non-hydrogen) atoms. The Balaban J connectivity index is 1.14. The third-order valence-corrected chi connectivity index (χ3v) is 9.78. The second kappa shape index (κ2) is 15.1. The molecule has 0 bridgehead atoms. The number of aromatic amines is 1. The molecule has 9 nitrogen and oxygen atoms in total. The quantitative estimate of drug-likeness (QED) is 0.253. The highest BCUT2D eigenvalue weighted by Gasteiger charge is 2.40. The number of nitrogens with one attached hydrogen (secondary N) is 1. The lowest BCUT2D eigenvalue weighted by molar-refractivity contribution is -0.139. The number of imidazole rings is 2. The van der Waals surface area contributed by atoms with Gasteiger partial charge in [-0.05, 0) is 81.2 Å². The van der Waals surface area contributed by atoms with Gasteiger partial charge in [-0.15, -0.1) is 0 Å². The molecule has 1 N–H and O–H groups in total. The summed E-state index contributed by atoms with van der Waals surface area (Å²) in [5, 5.41) is 0. The molecule has 1 aromatic carbocycles. The molecule has 0 aliphatic carbocycles. The lowest BCUT2D eigenvalue weighted by Gasteiger charge is -2.42. The van der Waals surface area contributed by atoms with E-state index in [1.54, 1.807) is 6.20 Å². The zero-order valence-corrected chi connectivity index (χ0v) is 26.5. The number of likely N-dealkylation sites (tertiary alicyclic amines) is 2. The largest absolute Gasteiger partial charge is 0.469 e. The van der Waals surface area contributed by atoms with Crippen LogP contribution in [0.3, 0.4) is 0 Å². The fourth-order valence-electron chi connectivity index (χ4n) is 7.25. The van der Waals surface area contributed by atoms with Gasteiger partial charge in [-0.1, -0.05) is 38.1 Å². The van der Waals surface area contributed by atoms with Gasteiger partial charge in [-0.3, -0.25) is 9.69 Å². The number of piperidine rings is 1.